The zero-order valence-corrected chi connectivity index (χ0v) is 53.5. The quantitative estimate of drug-likeness (QED) is 0.0343. The van der Waals surface area contributed by atoms with Crippen LogP contribution in [0.15, 0.2) is 0 Å². The second kappa shape index (κ2) is 67.9. The Morgan fingerprint density at radius 2 is 0.346 bits per heavy atom. The molecule has 0 heterocycles. The van der Waals surface area contributed by atoms with Crippen LogP contribution in [0.2, 0.25) is 0 Å². The summed E-state index contributed by atoms with van der Waals surface area (Å²) in [6.07, 6.45) is 80.4. The summed E-state index contributed by atoms with van der Waals surface area (Å²) in [6, 6.07) is 0. The minimum absolute atomic E-state index is 0.0613. The SMILES string of the molecule is CCCCCCCCCCCCCCCCCCCCCCCCCCCCCCCCCCCC(=O)OCC(COC(=O)CCCCCCCCC)OC(=O)CCCCCCCCCCCCCCCCCCCCCC. The number of carbonyl (C=O) groups excluding carboxylic acids is 3. The minimum Gasteiger partial charge on any atom is -0.462 e. The van der Waals surface area contributed by atoms with Crippen molar-refractivity contribution in [2.45, 2.75) is 431 Å². The summed E-state index contributed by atoms with van der Waals surface area (Å²) in [5.41, 5.74) is 0. The maximum absolute atomic E-state index is 12.9. The maximum Gasteiger partial charge on any atom is 0.306 e. The Kier molecular flexibility index (Phi) is 66.5. The number of unbranched alkanes of at least 4 members (excludes halogenated alkanes) is 57. The van der Waals surface area contributed by atoms with Crippen molar-refractivity contribution in [2.75, 3.05) is 13.2 Å². The lowest BCUT2D eigenvalue weighted by Gasteiger charge is -2.18. The van der Waals surface area contributed by atoms with E-state index < -0.39 is 6.10 Å². The van der Waals surface area contributed by atoms with Gasteiger partial charge in [-0.2, -0.15) is 0 Å². The molecule has 0 radical (unpaired) electrons. The summed E-state index contributed by atoms with van der Waals surface area (Å²) in [5.74, 6) is -0.833. The van der Waals surface area contributed by atoms with E-state index in [0.717, 1.165) is 57.8 Å². The lowest BCUT2D eigenvalue weighted by atomic mass is 10.0. The number of rotatable bonds is 68. The Morgan fingerprint density at radius 1 is 0.205 bits per heavy atom. The van der Waals surface area contributed by atoms with E-state index in [4.69, 9.17) is 14.2 Å². The lowest BCUT2D eigenvalue weighted by molar-refractivity contribution is -0.167. The van der Waals surface area contributed by atoms with Crippen LogP contribution in [0.5, 0.6) is 0 Å². The maximum atomic E-state index is 12.9. The normalized spacial score (nSPS) is 11.9. The van der Waals surface area contributed by atoms with Crippen molar-refractivity contribution in [3.8, 4) is 0 Å². The highest BCUT2D eigenvalue weighted by molar-refractivity contribution is 5.71. The van der Waals surface area contributed by atoms with Crippen LogP contribution in [0.4, 0.5) is 0 Å². The second-order valence-electron chi connectivity index (χ2n) is 24.9. The van der Waals surface area contributed by atoms with Gasteiger partial charge in [-0.25, -0.2) is 0 Å². The molecule has 1 unspecified atom stereocenters. The molecule has 0 fully saturated rings. The van der Waals surface area contributed by atoms with E-state index in [1.165, 1.54) is 327 Å². The van der Waals surface area contributed by atoms with E-state index in [1.807, 2.05) is 0 Å². The van der Waals surface area contributed by atoms with Gasteiger partial charge in [0.1, 0.15) is 13.2 Å². The van der Waals surface area contributed by atoms with Gasteiger partial charge < -0.3 is 14.2 Å². The van der Waals surface area contributed by atoms with Crippen LogP contribution in [0.25, 0.3) is 0 Å². The summed E-state index contributed by atoms with van der Waals surface area (Å²) >= 11 is 0. The highest BCUT2D eigenvalue weighted by Gasteiger charge is 2.20. The molecule has 6 heteroatoms. The third kappa shape index (κ3) is 65.2. The fourth-order valence-corrected chi connectivity index (χ4v) is 11.5. The summed E-state index contributed by atoms with van der Waals surface area (Å²) in [7, 11) is 0. The number of esters is 3. The molecular formula is C72H140O6. The van der Waals surface area contributed by atoms with Gasteiger partial charge in [0.05, 0.1) is 0 Å². The second-order valence-corrected chi connectivity index (χ2v) is 24.9. The molecule has 1 atom stereocenters. The molecule has 0 N–H and O–H groups in total. The van der Waals surface area contributed by atoms with Crippen LogP contribution in [0, 0.1) is 0 Å². The highest BCUT2D eigenvalue weighted by Crippen LogP contribution is 2.20. The molecule has 0 aromatic heterocycles. The first-order chi connectivity index (χ1) is 38.5. The third-order valence-electron chi connectivity index (χ3n) is 16.9. The molecule has 0 rings (SSSR count). The number of carbonyl (C=O) groups is 3. The molecule has 6 nitrogen and oxygen atoms in total. The minimum atomic E-state index is -0.761. The van der Waals surface area contributed by atoms with E-state index in [1.54, 1.807) is 0 Å². The molecular weight excluding hydrogens is 961 g/mol. The molecule has 0 saturated carbocycles. The van der Waals surface area contributed by atoms with Crippen molar-refractivity contribution in [3.05, 3.63) is 0 Å². The molecule has 0 aromatic rings. The van der Waals surface area contributed by atoms with Crippen molar-refractivity contribution in [1.29, 1.82) is 0 Å². The highest BCUT2D eigenvalue weighted by atomic mass is 16.6. The van der Waals surface area contributed by atoms with Crippen molar-refractivity contribution in [2.24, 2.45) is 0 Å². The first kappa shape index (κ1) is 76.4. The molecule has 78 heavy (non-hydrogen) atoms. The molecule has 0 saturated heterocycles. The van der Waals surface area contributed by atoms with E-state index in [2.05, 4.69) is 20.8 Å². The Labute approximate surface area is 488 Å². The van der Waals surface area contributed by atoms with Crippen LogP contribution in [0.1, 0.15) is 425 Å². The fourth-order valence-electron chi connectivity index (χ4n) is 11.5. The first-order valence-corrected chi connectivity index (χ1v) is 36.0. The average molecular weight is 1100 g/mol. The van der Waals surface area contributed by atoms with Crippen molar-refractivity contribution in [1.82, 2.24) is 0 Å². The molecule has 0 aromatic carbocycles. The Balaban J connectivity index is 3.92. The van der Waals surface area contributed by atoms with Gasteiger partial charge in [-0.05, 0) is 19.3 Å². The van der Waals surface area contributed by atoms with E-state index >= 15 is 0 Å². The van der Waals surface area contributed by atoms with Gasteiger partial charge in [-0.1, -0.05) is 387 Å². The Hall–Kier alpha value is -1.59. The number of ether oxygens (including phenoxy) is 3. The average Bonchev–Trinajstić information content (AvgIpc) is 3.44. The van der Waals surface area contributed by atoms with Crippen LogP contribution >= 0.6 is 0 Å². The van der Waals surface area contributed by atoms with E-state index in [9.17, 15) is 14.4 Å². The fraction of sp³-hybridized carbons (Fsp3) is 0.958. The smallest absolute Gasteiger partial charge is 0.306 e. The van der Waals surface area contributed by atoms with Gasteiger partial charge in [-0.3, -0.25) is 14.4 Å². The summed E-state index contributed by atoms with van der Waals surface area (Å²) in [5, 5.41) is 0. The zero-order valence-electron chi connectivity index (χ0n) is 53.5. The van der Waals surface area contributed by atoms with Crippen molar-refractivity contribution >= 4 is 17.9 Å². The number of hydrogen-bond donors (Lipinski definition) is 0. The van der Waals surface area contributed by atoms with Crippen molar-refractivity contribution < 1.29 is 28.6 Å². The van der Waals surface area contributed by atoms with Gasteiger partial charge in [0.2, 0.25) is 0 Å². The Bertz CT molecular complexity index is 1170. The van der Waals surface area contributed by atoms with E-state index in [0.29, 0.717) is 19.3 Å². The van der Waals surface area contributed by atoms with Crippen LogP contribution in [0.3, 0.4) is 0 Å². The topological polar surface area (TPSA) is 78.9 Å². The predicted octanol–water partition coefficient (Wildman–Crippen LogP) is 24.6. The van der Waals surface area contributed by atoms with Gasteiger partial charge in [0, 0.05) is 19.3 Å². The molecule has 0 aliphatic rings. The molecule has 0 spiro atoms. The first-order valence-electron chi connectivity index (χ1n) is 36.0. The Morgan fingerprint density at radius 3 is 0.513 bits per heavy atom. The summed E-state index contributed by atoms with van der Waals surface area (Å²) < 4.78 is 16.9. The third-order valence-corrected chi connectivity index (χ3v) is 16.9. The van der Waals surface area contributed by atoms with Gasteiger partial charge >= 0.3 is 17.9 Å². The molecule has 0 bridgehead atoms. The monoisotopic (exact) mass is 1100 g/mol. The van der Waals surface area contributed by atoms with Crippen LogP contribution in [-0.4, -0.2) is 37.2 Å². The molecule has 0 aliphatic heterocycles. The standard InChI is InChI=1S/C72H140O6/c1-4-7-10-13-16-18-20-22-24-26-28-30-31-32-33-34-35-36-37-38-39-40-41-42-44-45-47-49-51-53-56-59-62-65-71(74)77-68-69(67-76-70(73)64-61-58-55-15-12-9-6-3)78-72(75)66-63-60-57-54-52-50-48-46-43-29-27-25-23-21-19-17-14-11-8-5-2/h69H,4-68H2,1-3H3. The number of hydrogen-bond acceptors (Lipinski definition) is 6. The van der Waals surface area contributed by atoms with Gasteiger partial charge in [0.15, 0.2) is 6.10 Å². The van der Waals surface area contributed by atoms with Gasteiger partial charge in [-0.15, -0.1) is 0 Å². The summed E-state index contributed by atoms with van der Waals surface area (Å²) in [6.45, 7) is 6.69. The lowest BCUT2D eigenvalue weighted by Crippen LogP contribution is -2.30. The summed E-state index contributed by atoms with van der Waals surface area (Å²) in [4.78, 5) is 38.1. The predicted molar refractivity (Wildman–Crippen MR) is 340 cm³/mol. The molecule has 0 aliphatic carbocycles. The van der Waals surface area contributed by atoms with E-state index in [-0.39, 0.29) is 31.1 Å². The van der Waals surface area contributed by atoms with Gasteiger partial charge in [0.25, 0.3) is 0 Å². The molecule has 0 amide bonds. The zero-order chi connectivity index (χ0) is 56.4. The molecule has 464 valence electrons. The largest absolute Gasteiger partial charge is 0.462 e. The van der Waals surface area contributed by atoms with Crippen LogP contribution < -0.4 is 0 Å². The van der Waals surface area contributed by atoms with Crippen molar-refractivity contribution in [3.63, 3.8) is 0 Å². The van der Waals surface area contributed by atoms with Crippen LogP contribution in [-0.2, 0) is 28.6 Å².